The highest BCUT2D eigenvalue weighted by Gasteiger charge is 2.21. The molecule has 0 fully saturated rings. The van der Waals surface area contributed by atoms with Crippen molar-refractivity contribution in [1.82, 2.24) is 9.78 Å². The number of aliphatic hydroxyl groups excluding tert-OH is 1. The third-order valence-corrected chi connectivity index (χ3v) is 5.40. The number of ketones is 1. The summed E-state index contributed by atoms with van der Waals surface area (Å²) < 4.78 is 15.9. The van der Waals surface area contributed by atoms with Crippen molar-refractivity contribution < 1.29 is 14.3 Å². The molecule has 0 amide bonds. The first-order chi connectivity index (χ1) is 14.7. The number of nitrogens with zero attached hydrogens (tertiary/aromatic N) is 2. The summed E-state index contributed by atoms with van der Waals surface area (Å²) in [7, 11) is 0. The predicted octanol–water partition coefficient (Wildman–Crippen LogP) is 5.24. The van der Waals surface area contributed by atoms with Gasteiger partial charge in [0.15, 0.2) is 0 Å². The molecule has 31 heavy (non-hydrogen) atoms. The monoisotopic (exact) mass is 442 g/mol. The second-order valence-electron chi connectivity index (χ2n) is 8.78. The zero-order valence-electron chi connectivity index (χ0n) is 18.2. The summed E-state index contributed by atoms with van der Waals surface area (Å²) in [6.07, 6.45) is 1.30. The van der Waals surface area contributed by atoms with Crippen molar-refractivity contribution in [2.24, 2.45) is 0 Å². The number of rotatable bonds is 8. The maximum absolute atomic E-state index is 14.1. The van der Waals surface area contributed by atoms with Gasteiger partial charge in [0, 0.05) is 35.6 Å². The largest absolute Gasteiger partial charge is 0.396 e. The Bertz CT molecular complexity index is 1070. The van der Waals surface area contributed by atoms with Crippen molar-refractivity contribution >= 4 is 17.4 Å². The van der Waals surface area contributed by atoms with E-state index in [0.717, 1.165) is 17.1 Å². The van der Waals surface area contributed by atoms with Crippen molar-refractivity contribution in [1.29, 1.82) is 0 Å². The van der Waals surface area contributed by atoms with Crippen LogP contribution in [-0.4, -0.2) is 27.3 Å². The lowest BCUT2D eigenvalue weighted by Crippen LogP contribution is -2.12. The second kappa shape index (κ2) is 9.75. The summed E-state index contributed by atoms with van der Waals surface area (Å²) in [5.41, 5.74) is 3.70. The molecule has 0 bridgehead atoms. The summed E-state index contributed by atoms with van der Waals surface area (Å²) in [6, 6.07) is 14.3. The van der Waals surface area contributed by atoms with Crippen LogP contribution in [0.25, 0.3) is 5.69 Å². The molecule has 3 aromatic rings. The number of aliphatic hydroxyl groups is 1. The van der Waals surface area contributed by atoms with E-state index in [-0.39, 0.29) is 36.5 Å². The van der Waals surface area contributed by atoms with Gasteiger partial charge in [-0.1, -0.05) is 50.6 Å². The summed E-state index contributed by atoms with van der Waals surface area (Å²) >= 11 is 6.17. The van der Waals surface area contributed by atoms with Gasteiger partial charge in [-0.2, -0.15) is 5.10 Å². The van der Waals surface area contributed by atoms with E-state index in [0.29, 0.717) is 29.0 Å². The number of benzene rings is 2. The minimum absolute atomic E-state index is 0.0328. The van der Waals surface area contributed by atoms with Gasteiger partial charge in [-0.25, -0.2) is 9.07 Å². The Balaban J connectivity index is 1.75. The fraction of sp³-hybridized carbons (Fsp3) is 0.360. The normalized spacial score (nSPS) is 11.7. The number of carbonyl (C=O) groups is 1. The standard InChI is InChI=1S/C25H28ClFN2O2/c1-25(2,3)24-16-21(29(28-24)20-6-4-5-19(26)15-20)9-10-22(31)13-17-7-8-18(11-12-30)23(27)14-17/h4-8,14-16,30H,9-13H2,1-3H3. The van der Waals surface area contributed by atoms with Crippen LogP contribution in [0.4, 0.5) is 4.39 Å². The smallest absolute Gasteiger partial charge is 0.137 e. The van der Waals surface area contributed by atoms with Gasteiger partial charge in [-0.15, -0.1) is 0 Å². The maximum Gasteiger partial charge on any atom is 0.137 e. The first-order valence-electron chi connectivity index (χ1n) is 10.4. The van der Waals surface area contributed by atoms with Crippen LogP contribution in [0.1, 0.15) is 49.7 Å². The molecule has 0 aliphatic carbocycles. The van der Waals surface area contributed by atoms with E-state index in [2.05, 4.69) is 20.8 Å². The summed E-state index contributed by atoms with van der Waals surface area (Å²) in [5, 5.41) is 14.4. The number of aryl methyl sites for hydroxylation is 1. The van der Waals surface area contributed by atoms with Gasteiger partial charge in [0.2, 0.25) is 0 Å². The molecule has 6 heteroatoms. The molecule has 0 saturated carbocycles. The molecular weight excluding hydrogens is 415 g/mol. The zero-order chi connectivity index (χ0) is 22.6. The number of hydrogen-bond acceptors (Lipinski definition) is 3. The molecule has 0 spiro atoms. The lowest BCUT2D eigenvalue weighted by molar-refractivity contribution is -0.118. The summed E-state index contributed by atoms with van der Waals surface area (Å²) in [6.45, 7) is 6.19. The van der Waals surface area contributed by atoms with Crippen molar-refractivity contribution in [2.75, 3.05) is 6.61 Å². The number of Topliss-reactive ketones (excluding diaryl/α,β-unsaturated/α-hetero) is 1. The molecule has 3 rings (SSSR count). The first kappa shape index (κ1) is 23.2. The fourth-order valence-corrected chi connectivity index (χ4v) is 3.59. The molecule has 0 radical (unpaired) electrons. The molecule has 0 unspecified atom stereocenters. The van der Waals surface area contributed by atoms with Gasteiger partial charge < -0.3 is 5.11 Å². The molecule has 0 aliphatic heterocycles. The van der Waals surface area contributed by atoms with E-state index in [4.69, 9.17) is 21.8 Å². The fourth-order valence-electron chi connectivity index (χ4n) is 3.40. The SMILES string of the molecule is CC(C)(C)c1cc(CCC(=O)Cc2ccc(CCO)c(F)c2)n(-c2cccc(Cl)c2)n1. The van der Waals surface area contributed by atoms with Crippen molar-refractivity contribution in [3.8, 4) is 5.69 Å². The van der Waals surface area contributed by atoms with E-state index >= 15 is 0 Å². The molecule has 0 aliphatic rings. The van der Waals surface area contributed by atoms with Crippen LogP contribution in [0.2, 0.25) is 5.02 Å². The van der Waals surface area contributed by atoms with Crippen LogP contribution in [0, 0.1) is 5.82 Å². The van der Waals surface area contributed by atoms with Crippen LogP contribution in [0.15, 0.2) is 48.5 Å². The Morgan fingerprint density at radius 3 is 2.55 bits per heavy atom. The Morgan fingerprint density at radius 1 is 1.13 bits per heavy atom. The average molecular weight is 443 g/mol. The topological polar surface area (TPSA) is 55.1 Å². The van der Waals surface area contributed by atoms with Crippen LogP contribution >= 0.6 is 11.6 Å². The molecule has 4 nitrogen and oxygen atoms in total. The average Bonchev–Trinajstić information content (AvgIpc) is 3.13. The van der Waals surface area contributed by atoms with E-state index in [1.54, 1.807) is 12.1 Å². The van der Waals surface area contributed by atoms with Crippen molar-refractivity contribution in [2.45, 2.75) is 51.9 Å². The van der Waals surface area contributed by atoms with Gasteiger partial charge in [0.1, 0.15) is 11.6 Å². The third kappa shape index (κ3) is 6.02. The number of carbonyl (C=O) groups excluding carboxylic acids is 1. The number of aromatic nitrogens is 2. The first-order valence-corrected chi connectivity index (χ1v) is 10.8. The predicted molar refractivity (Wildman–Crippen MR) is 121 cm³/mol. The lowest BCUT2D eigenvalue weighted by atomic mass is 9.92. The van der Waals surface area contributed by atoms with E-state index in [1.807, 2.05) is 35.0 Å². The molecule has 1 heterocycles. The molecule has 1 aromatic heterocycles. The van der Waals surface area contributed by atoms with Gasteiger partial charge >= 0.3 is 0 Å². The zero-order valence-corrected chi connectivity index (χ0v) is 18.9. The third-order valence-electron chi connectivity index (χ3n) is 5.16. The van der Waals surface area contributed by atoms with E-state index in [9.17, 15) is 9.18 Å². The highest BCUT2D eigenvalue weighted by molar-refractivity contribution is 6.30. The Kier molecular flexibility index (Phi) is 7.29. The molecule has 2 aromatic carbocycles. The highest BCUT2D eigenvalue weighted by atomic mass is 35.5. The maximum atomic E-state index is 14.1. The van der Waals surface area contributed by atoms with Gasteiger partial charge in [0.25, 0.3) is 0 Å². The summed E-state index contributed by atoms with van der Waals surface area (Å²) in [4.78, 5) is 12.6. The Morgan fingerprint density at radius 2 is 1.90 bits per heavy atom. The molecule has 0 saturated heterocycles. The molecular formula is C25H28ClFN2O2. The van der Waals surface area contributed by atoms with Gasteiger partial charge in [-0.3, -0.25) is 4.79 Å². The number of halogens is 2. The second-order valence-corrected chi connectivity index (χ2v) is 9.21. The van der Waals surface area contributed by atoms with Crippen molar-refractivity contribution in [3.05, 3.63) is 81.9 Å². The highest BCUT2D eigenvalue weighted by Crippen LogP contribution is 2.25. The van der Waals surface area contributed by atoms with E-state index in [1.165, 1.54) is 6.07 Å². The Labute approximate surface area is 187 Å². The van der Waals surface area contributed by atoms with Crippen LogP contribution in [-0.2, 0) is 29.5 Å². The Hall–Kier alpha value is -2.50. The quantitative estimate of drug-likeness (QED) is 0.519. The minimum atomic E-state index is -0.381. The minimum Gasteiger partial charge on any atom is -0.396 e. The van der Waals surface area contributed by atoms with Crippen LogP contribution in [0.3, 0.4) is 0 Å². The summed E-state index contributed by atoms with van der Waals surface area (Å²) in [5.74, 6) is -0.348. The molecule has 164 valence electrons. The molecule has 0 atom stereocenters. The number of hydrogen-bond donors (Lipinski definition) is 1. The van der Waals surface area contributed by atoms with Crippen LogP contribution < -0.4 is 0 Å². The van der Waals surface area contributed by atoms with Gasteiger partial charge in [0.05, 0.1) is 11.4 Å². The van der Waals surface area contributed by atoms with Crippen LogP contribution in [0.5, 0.6) is 0 Å². The molecule has 1 N–H and O–H groups in total. The van der Waals surface area contributed by atoms with Crippen molar-refractivity contribution in [3.63, 3.8) is 0 Å². The lowest BCUT2D eigenvalue weighted by Gasteiger charge is -2.14. The van der Waals surface area contributed by atoms with E-state index < -0.39 is 0 Å². The van der Waals surface area contributed by atoms with Gasteiger partial charge in [-0.05, 0) is 54.3 Å².